The summed E-state index contributed by atoms with van der Waals surface area (Å²) in [5.74, 6) is -1.38. The average molecular weight is 199 g/mol. The molecule has 0 spiro atoms. The lowest BCUT2D eigenvalue weighted by Crippen LogP contribution is -2.46. The van der Waals surface area contributed by atoms with E-state index in [2.05, 4.69) is 5.32 Å². The van der Waals surface area contributed by atoms with Crippen LogP contribution in [0.4, 0.5) is 17.6 Å². The first-order valence-corrected chi connectivity index (χ1v) is 4.33. The van der Waals surface area contributed by atoms with E-state index in [4.69, 9.17) is 0 Å². The van der Waals surface area contributed by atoms with Crippen LogP contribution in [0.2, 0.25) is 0 Å². The fraction of sp³-hybridized carbons (Fsp3) is 1.00. The normalized spacial score (nSPS) is 36.2. The van der Waals surface area contributed by atoms with E-state index in [0.29, 0.717) is 0 Å². The number of hydrogen-bond donors (Lipinski definition) is 1. The predicted octanol–water partition coefficient (Wildman–Crippen LogP) is 2.27. The van der Waals surface area contributed by atoms with Crippen molar-refractivity contribution in [3.05, 3.63) is 0 Å². The maximum Gasteiger partial charge on any atom is 0.393 e. The van der Waals surface area contributed by atoms with E-state index in [1.165, 1.54) is 7.05 Å². The lowest BCUT2D eigenvalue weighted by Gasteiger charge is -2.34. The zero-order valence-corrected chi connectivity index (χ0v) is 7.37. The van der Waals surface area contributed by atoms with Crippen molar-refractivity contribution < 1.29 is 17.6 Å². The fourth-order valence-electron chi connectivity index (χ4n) is 1.83. The second kappa shape index (κ2) is 3.82. The Morgan fingerprint density at radius 1 is 1.23 bits per heavy atom. The minimum atomic E-state index is -4.20. The first kappa shape index (κ1) is 10.8. The second-order valence-electron chi connectivity index (χ2n) is 3.45. The molecule has 0 saturated heterocycles. The summed E-state index contributed by atoms with van der Waals surface area (Å²) in [4.78, 5) is 0. The van der Waals surface area contributed by atoms with Gasteiger partial charge in [0.2, 0.25) is 0 Å². The van der Waals surface area contributed by atoms with Crippen molar-refractivity contribution in [1.82, 2.24) is 5.32 Å². The van der Waals surface area contributed by atoms with Gasteiger partial charge in [0.25, 0.3) is 0 Å². The first-order valence-electron chi connectivity index (χ1n) is 4.33. The molecule has 0 heterocycles. The molecule has 1 fully saturated rings. The van der Waals surface area contributed by atoms with Crippen LogP contribution in [0.15, 0.2) is 0 Å². The van der Waals surface area contributed by atoms with E-state index in [1.807, 2.05) is 0 Å². The predicted molar refractivity (Wildman–Crippen MR) is 41.1 cm³/mol. The Kier molecular flexibility index (Phi) is 3.16. The topological polar surface area (TPSA) is 12.0 Å². The highest BCUT2D eigenvalue weighted by atomic mass is 19.4. The van der Waals surface area contributed by atoms with Gasteiger partial charge in [-0.25, -0.2) is 4.39 Å². The minimum absolute atomic E-state index is 0.0271. The average Bonchev–Trinajstić information content (AvgIpc) is 2.01. The molecular formula is C8H13F4N. The molecule has 78 valence electrons. The summed E-state index contributed by atoms with van der Waals surface area (Å²) in [5.41, 5.74) is 0. The van der Waals surface area contributed by atoms with Crippen molar-refractivity contribution in [3.8, 4) is 0 Å². The third-order valence-electron chi connectivity index (χ3n) is 2.58. The van der Waals surface area contributed by atoms with E-state index in [9.17, 15) is 17.6 Å². The molecule has 1 aliphatic carbocycles. The van der Waals surface area contributed by atoms with Gasteiger partial charge in [-0.1, -0.05) is 0 Å². The third-order valence-corrected chi connectivity index (χ3v) is 2.58. The lowest BCUT2D eigenvalue weighted by molar-refractivity contribution is -0.191. The van der Waals surface area contributed by atoms with E-state index in [-0.39, 0.29) is 19.3 Å². The van der Waals surface area contributed by atoms with Gasteiger partial charge in [0.15, 0.2) is 0 Å². The van der Waals surface area contributed by atoms with E-state index in [0.717, 1.165) is 0 Å². The third kappa shape index (κ3) is 2.56. The van der Waals surface area contributed by atoms with Crippen LogP contribution in [0.25, 0.3) is 0 Å². The molecule has 0 amide bonds. The van der Waals surface area contributed by atoms with Crippen LogP contribution in [0.3, 0.4) is 0 Å². The highest BCUT2D eigenvalue weighted by molar-refractivity contribution is 4.88. The van der Waals surface area contributed by atoms with Gasteiger partial charge in [-0.05, 0) is 26.3 Å². The zero-order chi connectivity index (χ0) is 10.1. The summed E-state index contributed by atoms with van der Waals surface area (Å²) in [6.07, 6.45) is -5.39. The molecule has 1 aliphatic rings. The molecule has 0 aromatic carbocycles. The van der Waals surface area contributed by atoms with Crippen LogP contribution in [0.1, 0.15) is 19.3 Å². The molecule has 0 aromatic rings. The molecule has 1 rings (SSSR count). The summed E-state index contributed by atoms with van der Waals surface area (Å²) < 4.78 is 49.8. The molecule has 3 atom stereocenters. The highest BCUT2D eigenvalue weighted by Crippen LogP contribution is 2.38. The molecular weight excluding hydrogens is 186 g/mol. The van der Waals surface area contributed by atoms with Crippen molar-refractivity contribution in [3.63, 3.8) is 0 Å². The quantitative estimate of drug-likeness (QED) is 0.639. The van der Waals surface area contributed by atoms with E-state index >= 15 is 0 Å². The maximum atomic E-state index is 12.8. The van der Waals surface area contributed by atoms with Crippen molar-refractivity contribution in [2.24, 2.45) is 5.92 Å². The van der Waals surface area contributed by atoms with Crippen molar-refractivity contribution >= 4 is 0 Å². The van der Waals surface area contributed by atoms with E-state index < -0.39 is 24.3 Å². The Labute approximate surface area is 74.5 Å². The summed E-state index contributed by atoms with van der Waals surface area (Å²) in [5, 5.41) is 2.53. The molecule has 1 N–H and O–H groups in total. The van der Waals surface area contributed by atoms with Crippen LogP contribution in [0.5, 0.6) is 0 Å². The lowest BCUT2D eigenvalue weighted by atomic mass is 9.83. The Morgan fingerprint density at radius 3 is 2.31 bits per heavy atom. The van der Waals surface area contributed by atoms with Gasteiger partial charge in [0, 0.05) is 6.04 Å². The van der Waals surface area contributed by atoms with Gasteiger partial charge in [-0.2, -0.15) is 13.2 Å². The van der Waals surface area contributed by atoms with Crippen LogP contribution >= 0.6 is 0 Å². The Balaban J connectivity index is 2.63. The molecule has 3 unspecified atom stereocenters. The van der Waals surface area contributed by atoms with Crippen molar-refractivity contribution in [2.75, 3.05) is 7.05 Å². The standard InChI is InChI=1S/C8H13F4N/c1-13-7-4-5(9)2-3-6(7)8(10,11)12/h5-7,13H,2-4H2,1H3. The molecule has 0 bridgehead atoms. The molecule has 13 heavy (non-hydrogen) atoms. The number of nitrogens with one attached hydrogen (secondary N) is 1. The number of rotatable bonds is 1. The molecule has 0 aromatic heterocycles. The number of alkyl halides is 4. The zero-order valence-electron chi connectivity index (χ0n) is 7.37. The SMILES string of the molecule is CNC1CC(F)CCC1C(F)(F)F. The fourth-order valence-corrected chi connectivity index (χ4v) is 1.83. The summed E-state index contributed by atoms with van der Waals surface area (Å²) in [6, 6.07) is -0.760. The van der Waals surface area contributed by atoms with Crippen LogP contribution < -0.4 is 5.32 Å². The van der Waals surface area contributed by atoms with Gasteiger partial charge < -0.3 is 5.32 Å². The van der Waals surface area contributed by atoms with Crippen LogP contribution in [-0.4, -0.2) is 25.4 Å². The number of hydrogen-bond acceptors (Lipinski definition) is 1. The second-order valence-corrected chi connectivity index (χ2v) is 3.45. The molecule has 0 radical (unpaired) electrons. The van der Waals surface area contributed by atoms with Gasteiger partial charge in [-0.3, -0.25) is 0 Å². The number of halogens is 4. The monoisotopic (exact) mass is 199 g/mol. The summed E-state index contributed by atoms with van der Waals surface area (Å²) in [6.45, 7) is 0. The Morgan fingerprint density at radius 2 is 1.85 bits per heavy atom. The van der Waals surface area contributed by atoms with Crippen LogP contribution in [-0.2, 0) is 0 Å². The van der Waals surface area contributed by atoms with Crippen LogP contribution in [0, 0.1) is 5.92 Å². The van der Waals surface area contributed by atoms with Crippen molar-refractivity contribution in [2.45, 2.75) is 37.7 Å². The van der Waals surface area contributed by atoms with Gasteiger partial charge in [0.1, 0.15) is 6.17 Å². The Hall–Kier alpha value is -0.320. The molecule has 5 heteroatoms. The molecule has 0 aliphatic heterocycles. The van der Waals surface area contributed by atoms with Gasteiger partial charge >= 0.3 is 6.18 Å². The minimum Gasteiger partial charge on any atom is -0.316 e. The van der Waals surface area contributed by atoms with Crippen molar-refractivity contribution in [1.29, 1.82) is 0 Å². The molecule has 1 saturated carbocycles. The summed E-state index contributed by atoms with van der Waals surface area (Å²) >= 11 is 0. The Bertz CT molecular complexity index is 168. The maximum absolute atomic E-state index is 12.8. The summed E-state index contributed by atoms with van der Waals surface area (Å²) in [7, 11) is 1.45. The smallest absolute Gasteiger partial charge is 0.316 e. The van der Waals surface area contributed by atoms with E-state index in [1.54, 1.807) is 0 Å². The first-order chi connectivity index (χ1) is 5.95. The largest absolute Gasteiger partial charge is 0.393 e. The van der Waals surface area contributed by atoms with Gasteiger partial charge in [-0.15, -0.1) is 0 Å². The highest BCUT2D eigenvalue weighted by Gasteiger charge is 2.46. The van der Waals surface area contributed by atoms with Gasteiger partial charge in [0.05, 0.1) is 5.92 Å². The molecule has 1 nitrogen and oxygen atoms in total.